The van der Waals surface area contributed by atoms with Crippen molar-refractivity contribution >= 4 is 34.6 Å². The van der Waals surface area contributed by atoms with Crippen molar-refractivity contribution in [3.8, 4) is 0 Å². The van der Waals surface area contributed by atoms with Gasteiger partial charge in [0.2, 0.25) is 0 Å². The van der Waals surface area contributed by atoms with E-state index in [4.69, 9.17) is 16.3 Å². The van der Waals surface area contributed by atoms with Crippen molar-refractivity contribution in [1.29, 1.82) is 0 Å². The van der Waals surface area contributed by atoms with Crippen LogP contribution in [-0.4, -0.2) is 51.2 Å². The maximum atomic E-state index is 13.5. The fourth-order valence-electron chi connectivity index (χ4n) is 5.01. The van der Waals surface area contributed by atoms with E-state index in [0.717, 1.165) is 43.0 Å². The summed E-state index contributed by atoms with van der Waals surface area (Å²) in [5, 5.41) is 3.94. The molecular weight excluding hydrogens is 448 g/mol. The summed E-state index contributed by atoms with van der Waals surface area (Å²) in [7, 11) is 0. The van der Waals surface area contributed by atoms with E-state index in [1.165, 1.54) is 4.90 Å². The van der Waals surface area contributed by atoms with E-state index in [-0.39, 0.29) is 0 Å². The number of ether oxygens (including phenoxy) is 1. The monoisotopic (exact) mass is 473 g/mol. The molecule has 1 N–H and O–H groups in total. The van der Waals surface area contributed by atoms with Gasteiger partial charge in [0.15, 0.2) is 6.10 Å². The van der Waals surface area contributed by atoms with Crippen molar-refractivity contribution < 1.29 is 18.3 Å². The molecule has 0 saturated carbocycles. The minimum Gasteiger partial charge on any atom is -0.479 e. The Morgan fingerprint density at radius 1 is 1.18 bits per heavy atom. The fraction of sp³-hybridized carbons (Fsp3) is 0.400. The third kappa shape index (κ3) is 4.20. The predicted molar refractivity (Wildman–Crippen MR) is 126 cm³/mol. The SMILES string of the molecule is CC12C=C(c3ccc(Cl)cc3)OC1C(=O)N(CC(F)F)c1ccc(N3CCNCC3)cc1C2. The molecule has 3 heterocycles. The largest absolute Gasteiger partial charge is 0.479 e. The van der Waals surface area contributed by atoms with E-state index >= 15 is 0 Å². The number of benzene rings is 2. The number of carbonyl (C=O) groups is 1. The van der Waals surface area contributed by atoms with Gasteiger partial charge in [0.05, 0.1) is 6.54 Å². The average Bonchev–Trinajstić information content (AvgIpc) is 3.11. The van der Waals surface area contributed by atoms with Gasteiger partial charge in [-0.1, -0.05) is 18.5 Å². The summed E-state index contributed by atoms with van der Waals surface area (Å²) in [6.07, 6.45) is -1.05. The van der Waals surface area contributed by atoms with Crippen LogP contribution in [0.2, 0.25) is 5.02 Å². The minimum absolute atomic E-state index is 0.438. The molecule has 1 amide bonds. The summed E-state index contributed by atoms with van der Waals surface area (Å²) in [6.45, 7) is 4.85. The third-order valence-corrected chi connectivity index (χ3v) is 6.90. The topological polar surface area (TPSA) is 44.8 Å². The van der Waals surface area contributed by atoms with Crippen LogP contribution in [-0.2, 0) is 16.0 Å². The standard InChI is InChI=1S/C25H26ClF2N3O2/c1-25-13-17-12-19(30-10-8-29-9-11-30)6-7-20(17)31(15-22(27)28)24(32)23(25)33-21(14-25)16-2-4-18(26)5-3-16/h2-7,12,14,22-23,29H,8-11,13,15H2,1H3. The van der Waals surface area contributed by atoms with E-state index in [1.54, 1.807) is 18.2 Å². The first-order valence-corrected chi connectivity index (χ1v) is 11.6. The Hall–Kier alpha value is -2.64. The number of carbonyl (C=O) groups excluding carboxylic acids is 1. The zero-order chi connectivity index (χ0) is 23.2. The molecule has 0 aliphatic carbocycles. The Labute approximate surface area is 197 Å². The predicted octanol–water partition coefficient (Wildman–Crippen LogP) is 4.35. The van der Waals surface area contributed by atoms with E-state index in [2.05, 4.69) is 10.2 Å². The number of nitrogens with zero attached hydrogens (tertiary/aromatic N) is 2. The highest BCUT2D eigenvalue weighted by atomic mass is 35.5. The summed E-state index contributed by atoms with van der Waals surface area (Å²) in [6, 6.07) is 13.0. The lowest BCUT2D eigenvalue weighted by atomic mass is 9.79. The molecule has 2 aromatic rings. The van der Waals surface area contributed by atoms with Gasteiger partial charge in [-0.3, -0.25) is 4.79 Å². The van der Waals surface area contributed by atoms with Crippen molar-refractivity contribution in [3.63, 3.8) is 0 Å². The molecule has 0 spiro atoms. The maximum absolute atomic E-state index is 13.5. The average molecular weight is 474 g/mol. The van der Waals surface area contributed by atoms with Crippen molar-refractivity contribution in [2.24, 2.45) is 5.41 Å². The molecule has 3 aliphatic rings. The molecule has 8 heteroatoms. The Bertz CT molecular complexity index is 1090. The van der Waals surface area contributed by atoms with Gasteiger partial charge in [-0.25, -0.2) is 8.78 Å². The molecular formula is C25H26ClF2N3O2. The van der Waals surface area contributed by atoms with Crippen LogP contribution in [0.4, 0.5) is 20.2 Å². The highest BCUT2D eigenvalue weighted by molar-refractivity contribution is 6.30. The third-order valence-electron chi connectivity index (χ3n) is 6.65. The Kier molecular flexibility index (Phi) is 5.79. The highest BCUT2D eigenvalue weighted by Gasteiger charge is 2.50. The molecule has 0 bridgehead atoms. The molecule has 1 saturated heterocycles. The number of alkyl halides is 2. The maximum Gasteiger partial charge on any atom is 0.269 e. The van der Waals surface area contributed by atoms with Crippen LogP contribution in [0, 0.1) is 5.41 Å². The first kappa shape index (κ1) is 22.2. The molecule has 0 radical (unpaired) electrons. The van der Waals surface area contributed by atoms with Gasteiger partial charge in [-0.05, 0) is 60.5 Å². The number of piperazine rings is 1. The number of hydrogen-bond acceptors (Lipinski definition) is 4. The van der Waals surface area contributed by atoms with Crippen LogP contribution < -0.4 is 15.1 Å². The fourth-order valence-corrected chi connectivity index (χ4v) is 5.13. The second-order valence-electron chi connectivity index (χ2n) is 9.09. The quantitative estimate of drug-likeness (QED) is 0.717. The van der Waals surface area contributed by atoms with Gasteiger partial charge < -0.3 is 19.9 Å². The van der Waals surface area contributed by atoms with E-state index in [1.807, 2.05) is 37.3 Å². The Morgan fingerprint density at radius 2 is 1.91 bits per heavy atom. The van der Waals surface area contributed by atoms with Crippen molar-refractivity contribution in [2.45, 2.75) is 25.9 Å². The second-order valence-corrected chi connectivity index (χ2v) is 9.52. The molecule has 2 atom stereocenters. The number of halogens is 3. The lowest BCUT2D eigenvalue weighted by molar-refractivity contribution is -0.129. The number of hydrogen-bond donors (Lipinski definition) is 1. The smallest absolute Gasteiger partial charge is 0.269 e. The normalized spacial score (nSPS) is 24.8. The minimum atomic E-state index is -2.65. The van der Waals surface area contributed by atoms with Gasteiger partial charge in [0.1, 0.15) is 5.76 Å². The number of fused-ring (bicyclic) bond motifs is 2. The van der Waals surface area contributed by atoms with Crippen molar-refractivity contribution in [1.82, 2.24) is 5.32 Å². The first-order chi connectivity index (χ1) is 15.8. The van der Waals surface area contributed by atoms with Gasteiger partial charge in [-0.15, -0.1) is 0 Å². The van der Waals surface area contributed by atoms with Gasteiger partial charge in [0, 0.05) is 53.6 Å². The van der Waals surface area contributed by atoms with E-state index in [9.17, 15) is 13.6 Å². The second kappa shape index (κ2) is 8.61. The zero-order valence-corrected chi connectivity index (χ0v) is 19.1. The molecule has 2 unspecified atom stereocenters. The van der Waals surface area contributed by atoms with Crippen LogP contribution in [0.3, 0.4) is 0 Å². The summed E-state index contributed by atoms with van der Waals surface area (Å²) in [5.74, 6) is 0.137. The van der Waals surface area contributed by atoms with Crippen LogP contribution >= 0.6 is 11.6 Å². The van der Waals surface area contributed by atoms with Crippen LogP contribution in [0.1, 0.15) is 18.1 Å². The molecule has 0 aromatic heterocycles. The van der Waals surface area contributed by atoms with E-state index in [0.29, 0.717) is 22.9 Å². The number of amides is 1. The Balaban J connectivity index is 1.56. The van der Waals surface area contributed by atoms with Crippen molar-refractivity contribution in [3.05, 3.63) is 64.7 Å². The van der Waals surface area contributed by atoms with Crippen LogP contribution in [0.5, 0.6) is 0 Å². The molecule has 3 aliphatic heterocycles. The first-order valence-electron chi connectivity index (χ1n) is 11.2. The van der Waals surface area contributed by atoms with Gasteiger partial charge in [-0.2, -0.15) is 0 Å². The molecule has 2 aromatic carbocycles. The van der Waals surface area contributed by atoms with Crippen LogP contribution in [0.25, 0.3) is 5.76 Å². The molecule has 1 fully saturated rings. The van der Waals surface area contributed by atoms with Gasteiger partial charge in [0.25, 0.3) is 12.3 Å². The molecule has 5 nitrogen and oxygen atoms in total. The summed E-state index contributed by atoms with van der Waals surface area (Å²) in [5.41, 5.74) is 2.60. The summed E-state index contributed by atoms with van der Waals surface area (Å²) in [4.78, 5) is 17.0. The lowest BCUT2D eigenvalue weighted by Crippen LogP contribution is -2.46. The summed E-state index contributed by atoms with van der Waals surface area (Å²) >= 11 is 6.01. The summed E-state index contributed by atoms with van der Waals surface area (Å²) < 4.78 is 33.2. The molecule has 174 valence electrons. The lowest BCUT2D eigenvalue weighted by Gasteiger charge is -2.31. The number of anilines is 2. The zero-order valence-electron chi connectivity index (χ0n) is 18.4. The van der Waals surface area contributed by atoms with Crippen molar-refractivity contribution in [2.75, 3.05) is 42.5 Å². The van der Waals surface area contributed by atoms with Crippen LogP contribution in [0.15, 0.2) is 48.5 Å². The van der Waals surface area contributed by atoms with E-state index < -0.39 is 30.4 Å². The molecule has 5 rings (SSSR count). The Morgan fingerprint density at radius 3 is 2.61 bits per heavy atom. The highest BCUT2D eigenvalue weighted by Crippen LogP contribution is 2.47. The molecule has 33 heavy (non-hydrogen) atoms. The number of rotatable bonds is 4. The number of nitrogens with one attached hydrogen (secondary N) is 1. The van der Waals surface area contributed by atoms with Gasteiger partial charge >= 0.3 is 0 Å².